The number of carbonyl (C=O) groups excluding carboxylic acids is 2. The first-order chi connectivity index (χ1) is 13.2. The molecule has 0 aliphatic rings. The second-order valence-electron chi connectivity index (χ2n) is 5.79. The van der Waals surface area contributed by atoms with Crippen LogP contribution in [0.5, 0.6) is 0 Å². The van der Waals surface area contributed by atoms with E-state index >= 15 is 0 Å². The smallest absolute Gasteiger partial charge is 0.358 e. The lowest BCUT2D eigenvalue weighted by molar-refractivity contribution is -0.389. The molecule has 0 unspecified atom stereocenters. The maximum absolute atomic E-state index is 11.8. The van der Waals surface area contributed by atoms with Crippen LogP contribution < -0.4 is 10.9 Å². The molecule has 0 radical (unpaired) electrons. The van der Waals surface area contributed by atoms with Gasteiger partial charge in [0.15, 0.2) is 0 Å². The zero-order chi connectivity index (χ0) is 20.8. The highest BCUT2D eigenvalue weighted by Gasteiger charge is 2.21. The molecule has 0 atom stereocenters. The lowest BCUT2D eigenvalue weighted by Gasteiger charge is -2.07. The Morgan fingerprint density at radius 1 is 1.04 bits per heavy atom. The number of hydrazine groups is 1. The molecule has 0 saturated heterocycles. The fourth-order valence-corrected chi connectivity index (χ4v) is 2.43. The van der Waals surface area contributed by atoms with Gasteiger partial charge in [0.1, 0.15) is 11.4 Å². The van der Waals surface area contributed by atoms with Crippen LogP contribution in [0.25, 0.3) is 0 Å². The number of aryl methyl sites for hydroxylation is 3. The van der Waals surface area contributed by atoms with E-state index in [4.69, 9.17) is 0 Å². The summed E-state index contributed by atoms with van der Waals surface area (Å²) in [6, 6.07) is 1.21. The first-order valence-electron chi connectivity index (χ1n) is 8.13. The van der Waals surface area contributed by atoms with E-state index in [9.17, 15) is 29.8 Å². The average molecular weight is 394 g/mol. The molecule has 2 N–H and O–H groups in total. The molecule has 0 aliphatic carbocycles. The van der Waals surface area contributed by atoms with Gasteiger partial charge in [-0.25, -0.2) is 0 Å². The summed E-state index contributed by atoms with van der Waals surface area (Å²) >= 11 is 0. The minimum absolute atomic E-state index is 0.0508. The maximum atomic E-state index is 11.8. The predicted octanol–water partition coefficient (Wildman–Crippen LogP) is 0.141. The summed E-state index contributed by atoms with van der Waals surface area (Å²) in [5.74, 6) is -1.33. The highest BCUT2D eigenvalue weighted by molar-refractivity contribution is 5.81. The van der Waals surface area contributed by atoms with Gasteiger partial charge in [0.2, 0.25) is 11.8 Å². The minimum atomic E-state index is -0.645. The van der Waals surface area contributed by atoms with Gasteiger partial charge < -0.3 is 10.1 Å². The van der Waals surface area contributed by atoms with E-state index in [0.29, 0.717) is 5.69 Å². The van der Waals surface area contributed by atoms with Crippen LogP contribution in [0.15, 0.2) is 12.3 Å². The van der Waals surface area contributed by atoms with E-state index in [0.717, 1.165) is 0 Å². The molecular formula is C14H18N8O6. The quantitative estimate of drug-likeness (QED) is 0.468. The largest absolute Gasteiger partial charge is 0.389 e. The molecule has 150 valence electrons. The summed E-state index contributed by atoms with van der Waals surface area (Å²) in [7, 11) is 0. The highest BCUT2D eigenvalue weighted by atomic mass is 16.6. The number of hydrogen-bond donors (Lipinski definition) is 2. The molecule has 2 rings (SSSR count). The lowest BCUT2D eigenvalue weighted by Crippen LogP contribution is -2.42. The van der Waals surface area contributed by atoms with Crippen molar-refractivity contribution in [3.05, 3.63) is 43.9 Å². The van der Waals surface area contributed by atoms with E-state index in [1.165, 1.54) is 35.5 Å². The van der Waals surface area contributed by atoms with Crippen LogP contribution in [-0.4, -0.2) is 41.2 Å². The third-order valence-corrected chi connectivity index (χ3v) is 3.80. The van der Waals surface area contributed by atoms with Crippen molar-refractivity contribution in [1.29, 1.82) is 0 Å². The van der Waals surface area contributed by atoms with Gasteiger partial charge in [0.25, 0.3) is 0 Å². The first kappa shape index (κ1) is 20.5. The van der Waals surface area contributed by atoms with Crippen LogP contribution >= 0.6 is 0 Å². The van der Waals surface area contributed by atoms with Crippen molar-refractivity contribution in [2.24, 2.45) is 0 Å². The number of carbonyl (C=O) groups is 2. The number of nitrogens with one attached hydrogen (secondary N) is 2. The molecule has 2 aromatic rings. The van der Waals surface area contributed by atoms with E-state index in [1.807, 2.05) is 0 Å². The van der Waals surface area contributed by atoms with Gasteiger partial charge in [-0.3, -0.25) is 35.2 Å². The SMILES string of the molecule is Cc1nn(CCC(=O)NNC(=O)CCn2ccc([N+](=O)[O-])n2)c(C)c1[N+](=O)[O-]. The van der Waals surface area contributed by atoms with Gasteiger partial charge in [0.05, 0.1) is 35.4 Å². The molecule has 2 aromatic heterocycles. The molecule has 0 aromatic carbocycles. The maximum Gasteiger partial charge on any atom is 0.389 e. The molecular weight excluding hydrogens is 376 g/mol. The Labute approximate surface area is 157 Å². The molecule has 0 spiro atoms. The molecule has 2 amide bonds. The first-order valence-corrected chi connectivity index (χ1v) is 8.13. The Hall–Kier alpha value is -3.84. The molecule has 0 saturated carbocycles. The van der Waals surface area contributed by atoms with Crippen molar-refractivity contribution >= 4 is 23.3 Å². The summed E-state index contributed by atoms with van der Waals surface area (Å²) in [6.07, 6.45) is 1.27. The van der Waals surface area contributed by atoms with Gasteiger partial charge in [-0.2, -0.15) is 9.78 Å². The molecule has 28 heavy (non-hydrogen) atoms. The topological polar surface area (TPSA) is 180 Å². The second-order valence-corrected chi connectivity index (χ2v) is 5.79. The standard InChI is InChI=1S/C14H18N8O6/c1-9-14(22(27)28)10(2)20(17-9)8-5-13(24)16-15-12(23)4-7-19-6-3-11(18-19)21(25)26/h3,6H,4-5,7-8H2,1-2H3,(H,15,23)(H,16,24). The average Bonchev–Trinajstić information content (AvgIpc) is 3.20. The van der Waals surface area contributed by atoms with E-state index in [2.05, 4.69) is 21.0 Å². The minimum Gasteiger partial charge on any atom is -0.358 e. The van der Waals surface area contributed by atoms with Gasteiger partial charge in [-0.05, 0) is 18.8 Å². The molecule has 0 bridgehead atoms. The zero-order valence-electron chi connectivity index (χ0n) is 15.1. The van der Waals surface area contributed by atoms with Crippen molar-refractivity contribution in [3.63, 3.8) is 0 Å². The van der Waals surface area contributed by atoms with Crippen LogP contribution in [0, 0.1) is 34.1 Å². The number of nitro groups is 2. The summed E-state index contributed by atoms with van der Waals surface area (Å²) in [6.45, 7) is 3.26. The summed E-state index contributed by atoms with van der Waals surface area (Å²) < 4.78 is 2.61. The Bertz CT molecular complexity index is 917. The monoisotopic (exact) mass is 394 g/mol. The fraction of sp³-hybridized carbons (Fsp3) is 0.429. The van der Waals surface area contributed by atoms with E-state index < -0.39 is 21.7 Å². The van der Waals surface area contributed by atoms with Gasteiger partial charge >= 0.3 is 11.5 Å². The molecule has 0 fully saturated rings. The number of nitrogens with zero attached hydrogens (tertiary/aromatic N) is 6. The van der Waals surface area contributed by atoms with Crippen LogP contribution in [0.4, 0.5) is 11.5 Å². The van der Waals surface area contributed by atoms with Crippen LogP contribution in [-0.2, 0) is 22.7 Å². The summed E-state index contributed by atoms with van der Waals surface area (Å²) in [5, 5.41) is 29.2. The van der Waals surface area contributed by atoms with Crippen LogP contribution in [0.1, 0.15) is 24.2 Å². The zero-order valence-corrected chi connectivity index (χ0v) is 15.1. The second kappa shape index (κ2) is 8.70. The van der Waals surface area contributed by atoms with Crippen LogP contribution in [0.3, 0.4) is 0 Å². The van der Waals surface area contributed by atoms with Crippen molar-refractivity contribution in [1.82, 2.24) is 30.4 Å². The third-order valence-electron chi connectivity index (χ3n) is 3.80. The van der Waals surface area contributed by atoms with E-state index in [-0.39, 0.29) is 43.1 Å². The number of aromatic nitrogens is 4. The summed E-state index contributed by atoms with van der Waals surface area (Å²) in [5.41, 5.74) is 4.95. The van der Waals surface area contributed by atoms with Gasteiger partial charge in [0, 0.05) is 12.8 Å². The Balaban J connectivity index is 1.74. The van der Waals surface area contributed by atoms with Gasteiger partial charge in [-0.1, -0.05) is 0 Å². The number of rotatable bonds is 8. The van der Waals surface area contributed by atoms with Crippen molar-refractivity contribution in [2.45, 2.75) is 39.8 Å². The van der Waals surface area contributed by atoms with Crippen molar-refractivity contribution < 1.29 is 19.4 Å². The molecule has 14 heteroatoms. The van der Waals surface area contributed by atoms with Crippen LogP contribution in [0.2, 0.25) is 0 Å². The number of amides is 2. The van der Waals surface area contributed by atoms with Crippen molar-refractivity contribution in [3.8, 4) is 0 Å². The Morgan fingerprint density at radius 3 is 2.14 bits per heavy atom. The third kappa shape index (κ3) is 5.09. The highest BCUT2D eigenvalue weighted by Crippen LogP contribution is 2.21. The number of hydrogen-bond acceptors (Lipinski definition) is 8. The van der Waals surface area contributed by atoms with Crippen molar-refractivity contribution in [2.75, 3.05) is 0 Å². The Morgan fingerprint density at radius 2 is 1.64 bits per heavy atom. The molecule has 2 heterocycles. The molecule has 14 nitrogen and oxygen atoms in total. The molecule has 0 aliphatic heterocycles. The predicted molar refractivity (Wildman–Crippen MR) is 92.8 cm³/mol. The van der Waals surface area contributed by atoms with Gasteiger partial charge in [-0.15, -0.1) is 0 Å². The summed E-state index contributed by atoms with van der Waals surface area (Å²) in [4.78, 5) is 43.9. The Kier molecular flexibility index (Phi) is 6.36. The van der Waals surface area contributed by atoms with E-state index in [1.54, 1.807) is 0 Å². The normalized spacial score (nSPS) is 10.5. The lowest BCUT2D eigenvalue weighted by atomic mass is 10.3. The fourth-order valence-electron chi connectivity index (χ4n) is 2.43.